The minimum absolute atomic E-state index is 0.779. The van der Waals surface area contributed by atoms with Gasteiger partial charge in [-0.2, -0.15) is 0 Å². The summed E-state index contributed by atoms with van der Waals surface area (Å²) in [6, 6.07) is 0.853. The molecule has 3 nitrogen and oxygen atoms in total. The Kier molecular flexibility index (Phi) is 21.9. The van der Waals surface area contributed by atoms with Crippen LogP contribution < -0.4 is 0 Å². The van der Waals surface area contributed by atoms with Gasteiger partial charge in [0.05, 0.1) is 0 Å². The number of rotatable bonds is 23. The van der Waals surface area contributed by atoms with Crippen LogP contribution in [0.1, 0.15) is 124 Å². The van der Waals surface area contributed by atoms with Gasteiger partial charge in [0.25, 0.3) is 0 Å². The van der Waals surface area contributed by atoms with E-state index >= 15 is 0 Å². The molecule has 0 unspecified atom stereocenters. The van der Waals surface area contributed by atoms with Gasteiger partial charge >= 0.3 is 8.80 Å². The molecule has 0 N–H and O–H groups in total. The van der Waals surface area contributed by atoms with Crippen LogP contribution in [-0.2, 0) is 13.3 Å². The first-order valence-electron chi connectivity index (χ1n) is 12.5. The molecule has 0 amide bonds. The summed E-state index contributed by atoms with van der Waals surface area (Å²) in [7, 11) is -2.56. The normalized spacial score (nSPS) is 12.0. The standard InChI is InChI=1S/C24H51O3Si/c1-5-9-12-15-18-21-25-28(24-8-4,26-22-19-16-13-10-6-2)27-23-20-17-14-11-7-3/h4-24H2,1-3H3. The molecular weight excluding hydrogens is 364 g/mol. The topological polar surface area (TPSA) is 27.7 Å². The Bertz CT molecular complexity index is 259. The molecule has 4 heteroatoms. The fraction of sp³-hybridized carbons (Fsp3) is 0.958. The summed E-state index contributed by atoms with van der Waals surface area (Å²) in [4.78, 5) is 0. The second-order valence-corrected chi connectivity index (χ2v) is 10.8. The molecule has 0 fully saturated rings. The van der Waals surface area contributed by atoms with Crippen molar-refractivity contribution in [1.29, 1.82) is 0 Å². The Morgan fingerprint density at radius 2 is 0.821 bits per heavy atom. The van der Waals surface area contributed by atoms with E-state index in [9.17, 15) is 0 Å². The van der Waals surface area contributed by atoms with Crippen LogP contribution >= 0.6 is 0 Å². The van der Waals surface area contributed by atoms with Crippen molar-refractivity contribution in [1.82, 2.24) is 0 Å². The van der Waals surface area contributed by atoms with E-state index in [4.69, 9.17) is 13.3 Å². The lowest BCUT2D eigenvalue weighted by Gasteiger charge is -2.30. The van der Waals surface area contributed by atoms with Crippen molar-refractivity contribution in [3.8, 4) is 0 Å². The Morgan fingerprint density at radius 3 is 1.11 bits per heavy atom. The van der Waals surface area contributed by atoms with Crippen LogP contribution in [0, 0.1) is 6.92 Å². The van der Waals surface area contributed by atoms with E-state index in [1.54, 1.807) is 0 Å². The van der Waals surface area contributed by atoms with Crippen LogP contribution in [0.5, 0.6) is 0 Å². The molecule has 1 radical (unpaired) electrons. The Balaban J connectivity index is 4.39. The van der Waals surface area contributed by atoms with Crippen LogP contribution in [0.3, 0.4) is 0 Å². The molecule has 0 aromatic rings. The van der Waals surface area contributed by atoms with Crippen LogP contribution in [0.2, 0.25) is 6.04 Å². The van der Waals surface area contributed by atoms with Gasteiger partial charge < -0.3 is 13.3 Å². The first kappa shape index (κ1) is 28.1. The summed E-state index contributed by atoms with van der Waals surface area (Å²) < 4.78 is 19.1. The maximum absolute atomic E-state index is 6.36. The molecule has 0 aromatic carbocycles. The zero-order valence-corrected chi connectivity index (χ0v) is 20.6. The molecule has 0 aliphatic heterocycles. The predicted octanol–water partition coefficient (Wildman–Crippen LogP) is 8.11. The van der Waals surface area contributed by atoms with Gasteiger partial charge in [0.2, 0.25) is 0 Å². The van der Waals surface area contributed by atoms with Gasteiger partial charge in [0, 0.05) is 25.9 Å². The largest absolute Gasteiger partial charge is 0.500 e. The average molecular weight is 416 g/mol. The summed E-state index contributed by atoms with van der Waals surface area (Å²) in [5.41, 5.74) is 0. The summed E-state index contributed by atoms with van der Waals surface area (Å²) >= 11 is 0. The highest BCUT2D eigenvalue weighted by molar-refractivity contribution is 6.60. The lowest BCUT2D eigenvalue weighted by Crippen LogP contribution is -2.46. The highest BCUT2D eigenvalue weighted by atomic mass is 28.4. The number of hydrogen-bond donors (Lipinski definition) is 0. The van der Waals surface area contributed by atoms with E-state index in [0.29, 0.717) is 0 Å². The Hall–Kier alpha value is 0.0969. The summed E-state index contributed by atoms with van der Waals surface area (Å²) in [6.07, 6.45) is 19.6. The second kappa shape index (κ2) is 21.8. The Morgan fingerprint density at radius 1 is 0.500 bits per heavy atom. The van der Waals surface area contributed by atoms with E-state index in [-0.39, 0.29) is 0 Å². The third-order valence-electron chi connectivity index (χ3n) is 5.19. The van der Waals surface area contributed by atoms with Gasteiger partial charge in [-0.25, -0.2) is 0 Å². The molecule has 0 bridgehead atoms. The predicted molar refractivity (Wildman–Crippen MR) is 125 cm³/mol. The highest BCUT2D eigenvalue weighted by Gasteiger charge is 2.40. The lowest BCUT2D eigenvalue weighted by atomic mass is 10.2. The number of hydrogen-bond acceptors (Lipinski definition) is 3. The van der Waals surface area contributed by atoms with E-state index in [1.807, 2.05) is 0 Å². The fourth-order valence-corrected chi connectivity index (χ4v) is 5.84. The molecule has 28 heavy (non-hydrogen) atoms. The molecule has 0 aliphatic carbocycles. The zero-order valence-electron chi connectivity index (χ0n) is 19.6. The van der Waals surface area contributed by atoms with Crippen molar-refractivity contribution in [2.75, 3.05) is 19.8 Å². The monoisotopic (exact) mass is 415 g/mol. The van der Waals surface area contributed by atoms with Crippen LogP contribution in [0.4, 0.5) is 0 Å². The fourth-order valence-electron chi connectivity index (χ4n) is 3.36. The van der Waals surface area contributed by atoms with Gasteiger partial charge in [-0.15, -0.1) is 0 Å². The van der Waals surface area contributed by atoms with E-state index in [1.165, 1.54) is 77.0 Å². The summed E-state index contributed by atoms with van der Waals surface area (Å²) in [5, 5.41) is 0. The maximum Gasteiger partial charge on any atom is 0.500 e. The SMILES string of the molecule is [CH2]CC[Si](OCCCCCCC)(OCCCCCCC)OCCCCCCC. The molecule has 0 atom stereocenters. The van der Waals surface area contributed by atoms with Gasteiger partial charge in [-0.05, 0) is 25.7 Å². The van der Waals surface area contributed by atoms with Gasteiger partial charge in [0.1, 0.15) is 0 Å². The zero-order chi connectivity index (χ0) is 20.8. The molecule has 0 aromatic heterocycles. The number of unbranched alkanes of at least 4 members (excludes halogenated alkanes) is 12. The lowest BCUT2D eigenvalue weighted by molar-refractivity contribution is 0.0554. The summed E-state index contributed by atoms with van der Waals surface area (Å²) in [6.45, 7) is 13.2. The van der Waals surface area contributed by atoms with Crippen molar-refractivity contribution in [3.05, 3.63) is 6.92 Å². The quantitative estimate of drug-likeness (QED) is 0.125. The smallest absolute Gasteiger partial charge is 0.373 e. The molecular formula is C24H51O3Si. The van der Waals surface area contributed by atoms with Gasteiger partial charge in [-0.3, -0.25) is 0 Å². The van der Waals surface area contributed by atoms with Crippen LogP contribution in [-0.4, -0.2) is 28.6 Å². The third-order valence-corrected chi connectivity index (χ3v) is 8.09. The van der Waals surface area contributed by atoms with Crippen molar-refractivity contribution < 1.29 is 13.3 Å². The molecule has 0 saturated heterocycles. The minimum Gasteiger partial charge on any atom is -0.373 e. The van der Waals surface area contributed by atoms with Crippen LogP contribution in [0.15, 0.2) is 0 Å². The van der Waals surface area contributed by atoms with E-state index in [2.05, 4.69) is 27.7 Å². The van der Waals surface area contributed by atoms with Crippen molar-refractivity contribution >= 4 is 8.80 Å². The molecule has 169 valence electrons. The molecule has 0 spiro atoms. The van der Waals surface area contributed by atoms with Crippen molar-refractivity contribution in [2.45, 2.75) is 130 Å². The molecule has 0 rings (SSSR count). The van der Waals surface area contributed by atoms with Crippen molar-refractivity contribution in [3.63, 3.8) is 0 Å². The first-order valence-corrected chi connectivity index (χ1v) is 14.4. The van der Waals surface area contributed by atoms with Crippen LogP contribution in [0.25, 0.3) is 0 Å². The molecule has 0 heterocycles. The molecule has 0 aliphatic rings. The van der Waals surface area contributed by atoms with E-state index in [0.717, 1.165) is 51.5 Å². The second-order valence-electron chi connectivity index (χ2n) is 8.07. The average Bonchev–Trinajstić information content (AvgIpc) is 2.70. The highest BCUT2D eigenvalue weighted by Crippen LogP contribution is 2.21. The Labute approximate surface area is 178 Å². The van der Waals surface area contributed by atoms with E-state index < -0.39 is 8.80 Å². The van der Waals surface area contributed by atoms with Crippen molar-refractivity contribution in [2.24, 2.45) is 0 Å². The minimum atomic E-state index is -2.56. The van der Waals surface area contributed by atoms with Gasteiger partial charge in [-0.1, -0.05) is 105 Å². The summed E-state index contributed by atoms with van der Waals surface area (Å²) in [5.74, 6) is 0. The van der Waals surface area contributed by atoms with Gasteiger partial charge in [0.15, 0.2) is 0 Å². The maximum atomic E-state index is 6.36. The first-order chi connectivity index (χ1) is 13.7. The molecule has 0 saturated carbocycles. The third kappa shape index (κ3) is 17.0.